The maximum Gasteiger partial charge on any atom is 0.261 e. The first-order valence-corrected chi connectivity index (χ1v) is 6.13. The molecule has 0 aliphatic heterocycles. The highest BCUT2D eigenvalue weighted by Gasteiger charge is 2.05. The molecule has 0 aliphatic rings. The van der Waals surface area contributed by atoms with Crippen molar-refractivity contribution in [2.45, 2.75) is 20.4 Å². The van der Waals surface area contributed by atoms with Gasteiger partial charge in [-0.3, -0.25) is 9.48 Å². The third-order valence-electron chi connectivity index (χ3n) is 2.67. The summed E-state index contributed by atoms with van der Waals surface area (Å²) >= 11 is 0. The van der Waals surface area contributed by atoms with Crippen molar-refractivity contribution < 1.29 is 9.18 Å². The molecule has 0 saturated heterocycles. The number of hydrogen-bond acceptors (Lipinski definition) is 3. The molecule has 20 heavy (non-hydrogen) atoms. The van der Waals surface area contributed by atoms with Crippen molar-refractivity contribution in [2.24, 2.45) is 5.10 Å². The highest BCUT2D eigenvalue weighted by atomic mass is 19.1. The highest BCUT2D eigenvalue weighted by molar-refractivity contribution is 5.82. The molecule has 1 aromatic carbocycles. The number of aryl methyl sites for hydroxylation is 2. The van der Waals surface area contributed by atoms with Crippen molar-refractivity contribution >= 4 is 12.1 Å². The summed E-state index contributed by atoms with van der Waals surface area (Å²) in [5, 5.41) is 8.00. The van der Waals surface area contributed by atoms with Gasteiger partial charge in [-0.2, -0.15) is 10.2 Å². The van der Waals surface area contributed by atoms with Crippen LogP contribution in [-0.2, 0) is 11.3 Å². The van der Waals surface area contributed by atoms with E-state index in [1.165, 1.54) is 18.3 Å². The summed E-state index contributed by atoms with van der Waals surface area (Å²) in [5.41, 5.74) is 4.90. The standard InChI is InChI=1S/C14H15FN4O/c1-10-7-11(2)19(18-10)9-14(20)17-16-8-12-3-5-13(15)6-4-12/h3-8H,9H2,1-2H3,(H,17,20)/b16-8+. The van der Waals surface area contributed by atoms with Crippen molar-refractivity contribution in [3.8, 4) is 0 Å². The van der Waals surface area contributed by atoms with E-state index in [1.807, 2.05) is 19.9 Å². The van der Waals surface area contributed by atoms with Gasteiger partial charge in [-0.05, 0) is 37.6 Å². The van der Waals surface area contributed by atoms with E-state index in [-0.39, 0.29) is 18.3 Å². The molecule has 1 aromatic heterocycles. The Labute approximate surface area is 116 Å². The minimum atomic E-state index is -0.310. The van der Waals surface area contributed by atoms with Gasteiger partial charge in [0.25, 0.3) is 5.91 Å². The van der Waals surface area contributed by atoms with E-state index in [9.17, 15) is 9.18 Å². The first-order chi connectivity index (χ1) is 9.54. The van der Waals surface area contributed by atoms with Crippen molar-refractivity contribution in [1.82, 2.24) is 15.2 Å². The predicted molar refractivity (Wildman–Crippen MR) is 73.8 cm³/mol. The number of rotatable bonds is 4. The van der Waals surface area contributed by atoms with Gasteiger partial charge in [0.15, 0.2) is 0 Å². The van der Waals surface area contributed by atoms with Crippen LogP contribution in [0.3, 0.4) is 0 Å². The number of halogens is 1. The van der Waals surface area contributed by atoms with Crippen LogP contribution in [0.15, 0.2) is 35.4 Å². The summed E-state index contributed by atoms with van der Waals surface area (Å²) in [5.74, 6) is -0.578. The SMILES string of the molecule is Cc1cc(C)n(CC(=O)N/N=C/c2ccc(F)cc2)n1. The topological polar surface area (TPSA) is 59.3 Å². The molecule has 104 valence electrons. The van der Waals surface area contributed by atoms with E-state index in [0.717, 1.165) is 11.4 Å². The van der Waals surface area contributed by atoms with Crippen LogP contribution in [0.1, 0.15) is 17.0 Å². The zero-order chi connectivity index (χ0) is 14.5. The maximum atomic E-state index is 12.7. The maximum absolute atomic E-state index is 12.7. The van der Waals surface area contributed by atoms with Gasteiger partial charge in [-0.15, -0.1) is 0 Å². The van der Waals surface area contributed by atoms with E-state index < -0.39 is 0 Å². The second kappa shape index (κ2) is 6.10. The lowest BCUT2D eigenvalue weighted by Crippen LogP contribution is -2.24. The first-order valence-electron chi connectivity index (χ1n) is 6.13. The molecular weight excluding hydrogens is 259 g/mol. The molecule has 1 heterocycles. The van der Waals surface area contributed by atoms with Gasteiger partial charge in [-0.25, -0.2) is 9.82 Å². The minimum Gasteiger partial charge on any atom is -0.271 e. The largest absolute Gasteiger partial charge is 0.271 e. The summed E-state index contributed by atoms with van der Waals surface area (Å²) in [6.07, 6.45) is 1.46. The van der Waals surface area contributed by atoms with E-state index in [0.29, 0.717) is 5.56 Å². The molecule has 0 fully saturated rings. The van der Waals surface area contributed by atoms with Crippen LogP contribution in [0.4, 0.5) is 4.39 Å². The number of amides is 1. The predicted octanol–water partition coefficient (Wildman–Crippen LogP) is 1.79. The number of nitrogens with one attached hydrogen (secondary N) is 1. The Bertz CT molecular complexity index is 631. The number of aromatic nitrogens is 2. The Morgan fingerprint density at radius 1 is 1.40 bits per heavy atom. The van der Waals surface area contributed by atoms with Crippen molar-refractivity contribution in [2.75, 3.05) is 0 Å². The van der Waals surface area contributed by atoms with Crippen LogP contribution < -0.4 is 5.43 Å². The lowest BCUT2D eigenvalue weighted by atomic mass is 10.2. The molecule has 1 N–H and O–H groups in total. The normalized spacial score (nSPS) is 10.9. The molecule has 0 radical (unpaired) electrons. The average Bonchev–Trinajstić information content (AvgIpc) is 2.70. The van der Waals surface area contributed by atoms with E-state index in [2.05, 4.69) is 15.6 Å². The molecule has 6 heteroatoms. The van der Waals surface area contributed by atoms with Gasteiger partial charge in [0.1, 0.15) is 12.4 Å². The quantitative estimate of drug-likeness (QED) is 0.682. The molecule has 0 bridgehead atoms. The number of nitrogens with zero attached hydrogens (tertiary/aromatic N) is 3. The Morgan fingerprint density at radius 2 is 2.10 bits per heavy atom. The summed E-state index contributed by atoms with van der Waals surface area (Å²) in [7, 11) is 0. The van der Waals surface area contributed by atoms with Crippen molar-refractivity contribution in [3.05, 3.63) is 53.1 Å². The number of benzene rings is 1. The number of hydrazone groups is 1. The van der Waals surface area contributed by atoms with Crippen LogP contribution in [0.5, 0.6) is 0 Å². The number of carbonyl (C=O) groups is 1. The fourth-order valence-electron chi connectivity index (χ4n) is 1.73. The molecular formula is C14H15FN4O. The number of hydrogen-bond donors (Lipinski definition) is 1. The zero-order valence-electron chi connectivity index (χ0n) is 11.3. The Kier molecular flexibility index (Phi) is 4.24. The number of carbonyl (C=O) groups excluding carboxylic acids is 1. The molecule has 0 saturated carbocycles. The molecule has 5 nitrogen and oxygen atoms in total. The second-order valence-corrected chi connectivity index (χ2v) is 4.43. The summed E-state index contributed by atoms with van der Waals surface area (Å²) in [6, 6.07) is 7.71. The fraction of sp³-hybridized carbons (Fsp3) is 0.214. The third kappa shape index (κ3) is 3.74. The van der Waals surface area contributed by atoms with Gasteiger partial charge in [0.05, 0.1) is 11.9 Å². The molecule has 0 aliphatic carbocycles. The van der Waals surface area contributed by atoms with E-state index >= 15 is 0 Å². The smallest absolute Gasteiger partial charge is 0.261 e. The van der Waals surface area contributed by atoms with Crippen molar-refractivity contribution in [1.29, 1.82) is 0 Å². The van der Waals surface area contributed by atoms with Gasteiger partial charge in [0.2, 0.25) is 0 Å². The van der Waals surface area contributed by atoms with Gasteiger partial charge < -0.3 is 0 Å². The van der Waals surface area contributed by atoms with Gasteiger partial charge in [-0.1, -0.05) is 12.1 Å². The zero-order valence-corrected chi connectivity index (χ0v) is 11.3. The molecule has 0 atom stereocenters. The highest BCUT2D eigenvalue weighted by Crippen LogP contribution is 2.01. The Morgan fingerprint density at radius 3 is 2.70 bits per heavy atom. The van der Waals surface area contributed by atoms with Crippen LogP contribution >= 0.6 is 0 Å². The second-order valence-electron chi connectivity index (χ2n) is 4.43. The fourth-order valence-corrected chi connectivity index (χ4v) is 1.73. The van der Waals surface area contributed by atoms with Crippen LogP contribution in [0, 0.1) is 19.7 Å². The average molecular weight is 274 g/mol. The monoisotopic (exact) mass is 274 g/mol. The molecule has 0 spiro atoms. The van der Waals surface area contributed by atoms with Crippen molar-refractivity contribution in [3.63, 3.8) is 0 Å². The van der Waals surface area contributed by atoms with E-state index in [4.69, 9.17) is 0 Å². The molecule has 2 rings (SSSR count). The summed E-state index contributed by atoms with van der Waals surface area (Å²) < 4.78 is 14.3. The van der Waals surface area contributed by atoms with Crippen LogP contribution in [0.2, 0.25) is 0 Å². The molecule has 2 aromatic rings. The molecule has 1 amide bonds. The van der Waals surface area contributed by atoms with Gasteiger partial charge >= 0.3 is 0 Å². The Balaban J connectivity index is 1.89. The third-order valence-corrected chi connectivity index (χ3v) is 2.67. The minimum absolute atomic E-state index is 0.112. The lowest BCUT2D eigenvalue weighted by Gasteiger charge is -2.02. The van der Waals surface area contributed by atoms with Crippen LogP contribution in [0.25, 0.3) is 0 Å². The molecule has 0 unspecified atom stereocenters. The first kappa shape index (κ1) is 13.9. The van der Waals surface area contributed by atoms with Gasteiger partial charge in [0, 0.05) is 5.69 Å². The Hall–Kier alpha value is -2.50. The summed E-state index contributed by atoms with van der Waals surface area (Å²) in [6.45, 7) is 3.86. The summed E-state index contributed by atoms with van der Waals surface area (Å²) in [4.78, 5) is 11.7. The van der Waals surface area contributed by atoms with Crippen LogP contribution in [-0.4, -0.2) is 21.9 Å². The van der Waals surface area contributed by atoms with E-state index in [1.54, 1.807) is 16.8 Å². The lowest BCUT2D eigenvalue weighted by molar-refractivity contribution is -0.121.